The van der Waals surface area contributed by atoms with Gasteiger partial charge in [-0.2, -0.15) is 8.42 Å². The van der Waals surface area contributed by atoms with Crippen LogP contribution in [0.2, 0.25) is 0 Å². The SMILES string of the molecule is COc1cc(S(N)(=O)=O)ccc1NS(=O)(=O)c1csc(-c2ccc(F)cc2)n1. The summed E-state index contributed by atoms with van der Waals surface area (Å²) in [5.41, 5.74) is 0.592. The molecule has 0 unspecified atom stereocenters. The fourth-order valence-electron chi connectivity index (χ4n) is 2.24. The molecule has 0 radical (unpaired) electrons. The van der Waals surface area contributed by atoms with Crippen molar-refractivity contribution in [2.45, 2.75) is 9.92 Å². The molecule has 8 nitrogen and oxygen atoms in total. The number of anilines is 1. The number of nitrogens with zero attached hydrogens (tertiary/aromatic N) is 1. The molecule has 0 saturated carbocycles. The average molecular weight is 444 g/mol. The molecule has 3 N–H and O–H groups in total. The normalized spacial score (nSPS) is 12.0. The number of hydrogen-bond donors (Lipinski definition) is 2. The number of sulfonamides is 2. The number of ether oxygens (including phenoxy) is 1. The lowest BCUT2D eigenvalue weighted by Gasteiger charge is -2.11. The first kappa shape index (κ1) is 20.2. The first-order valence-electron chi connectivity index (χ1n) is 7.55. The largest absolute Gasteiger partial charge is 0.495 e. The minimum absolute atomic E-state index is 0.0197. The topological polar surface area (TPSA) is 128 Å². The van der Waals surface area contributed by atoms with Gasteiger partial charge in [-0.1, -0.05) is 0 Å². The van der Waals surface area contributed by atoms with E-state index in [-0.39, 0.29) is 21.4 Å². The predicted molar refractivity (Wildman–Crippen MR) is 103 cm³/mol. The van der Waals surface area contributed by atoms with Crippen LogP contribution in [0.4, 0.5) is 10.1 Å². The number of hydrogen-bond acceptors (Lipinski definition) is 7. The summed E-state index contributed by atoms with van der Waals surface area (Å²) >= 11 is 1.08. The lowest BCUT2D eigenvalue weighted by Crippen LogP contribution is -2.15. The molecule has 0 amide bonds. The van der Waals surface area contributed by atoms with Crippen LogP contribution in [-0.2, 0) is 20.0 Å². The van der Waals surface area contributed by atoms with Crippen LogP contribution in [0.15, 0.2) is 57.8 Å². The summed E-state index contributed by atoms with van der Waals surface area (Å²) in [5.74, 6) is -0.436. The maximum absolute atomic E-state index is 13.0. The molecule has 1 heterocycles. The summed E-state index contributed by atoms with van der Waals surface area (Å²) in [7, 11) is -6.79. The zero-order valence-corrected chi connectivity index (χ0v) is 16.7. The second-order valence-electron chi connectivity index (χ2n) is 5.51. The quantitative estimate of drug-likeness (QED) is 0.602. The number of nitrogens with two attached hydrogens (primary N) is 1. The summed E-state index contributed by atoms with van der Waals surface area (Å²) in [6.45, 7) is 0. The van der Waals surface area contributed by atoms with E-state index in [0.717, 1.165) is 23.5 Å². The van der Waals surface area contributed by atoms with E-state index in [1.807, 2.05) is 0 Å². The van der Waals surface area contributed by atoms with E-state index in [2.05, 4.69) is 9.71 Å². The monoisotopic (exact) mass is 443 g/mol. The number of halogens is 1. The summed E-state index contributed by atoms with van der Waals surface area (Å²) in [6, 6.07) is 8.98. The Morgan fingerprint density at radius 3 is 2.39 bits per heavy atom. The maximum Gasteiger partial charge on any atom is 0.280 e. The fraction of sp³-hybridized carbons (Fsp3) is 0.0625. The molecule has 0 aliphatic heterocycles. The van der Waals surface area contributed by atoms with Crippen molar-refractivity contribution in [3.8, 4) is 16.3 Å². The molecule has 0 fully saturated rings. The molecule has 28 heavy (non-hydrogen) atoms. The highest BCUT2D eigenvalue weighted by atomic mass is 32.2. The number of aromatic nitrogens is 1. The zero-order chi connectivity index (χ0) is 20.5. The Labute approximate surface area is 164 Å². The van der Waals surface area contributed by atoms with E-state index in [0.29, 0.717) is 10.6 Å². The van der Waals surface area contributed by atoms with Gasteiger partial charge in [0.15, 0.2) is 5.03 Å². The average Bonchev–Trinajstić information content (AvgIpc) is 3.12. The number of methoxy groups -OCH3 is 1. The van der Waals surface area contributed by atoms with Crippen LogP contribution in [0.1, 0.15) is 0 Å². The Morgan fingerprint density at radius 2 is 1.79 bits per heavy atom. The zero-order valence-electron chi connectivity index (χ0n) is 14.3. The molecule has 2 aromatic carbocycles. The number of benzene rings is 2. The standard InChI is InChI=1S/C16H14FN3O5S3/c1-25-14-8-12(27(18,21)22)6-7-13(14)20-28(23,24)15-9-26-16(19-15)10-2-4-11(17)5-3-10/h2-9,20H,1H3,(H2,18,21,22). The number of rotatable bonds is 6. The number of primary sulfonamides is 1. The second-order valence-corrected chi connectivity index (χ2v) is 9.56. The Bertz CT molecular complexity index is 1220. The van der Waals surface area contributed by atoms with E-state index in [1.54, 1.807) is 0 Å². The van der Waals surface area contributed by atoms with Crippen LogP contribution in [0, 0.1) is 5.82 Å². The van der Waals surface area contributed by atoms with Crippen molar-refractivity contribution < 1.29 is 26.0 Å². The van der Waals surface area contributed by atoms with Crippen molar-refractivity contribution in [2.24, 2.45) is 5.14 Å². The molecule has 148 valence electrons. The molecule has 3 rings (SSSR count). The molecule has 0 bridgehead atoms. The lowest BCUT2D eigenvalue weighted by atomic mass is 10.2. The van der Waals surface area contributed by atoms with Crippen LogP contribution in [0.25, 0.3) is 10.6 Å². The Balaban J connectivity index is 1.91. The van der Waals surface area contributed by atoms with Gasteiger partial charge >= 0.3 is 0 Å². The van der Waals surface area contributed by atoms with E-state index in [4.69, 9.17) is 9.88 Å². The van der Waals surface area contributed by atoms with Crippen molar-refractivity contribution in [2.75, 3.05) is 11.8 Å². The summed E-state index contributed by atoms with van der Waals surface area (Å²) < 4.78 is 68.5. The predicted octanol–water partition coefficient (Wildman–Crippen LogP) is 2.41. The van der Waals surface area contributed by atoms with Gasteiger partial charge in [0.25, 0.3) is 10.0 Å². The first-order chi connectivity index (χ1) is 13.1. The fourth-order valence-corrected chi connectivity index (χ4v) is 4.94. The van der Waals surface area contributed by atoms with Crippen molar-refractivity contribution >= 4 is 37.1 Å². The van der Waals surface area contributed by atoms with Crippen LogP contribution in [0.5, 0.6) is 5.75 Å². The Morgan fingerprint density at radius 1 is 1.11 bits per heavy atom. The molecular formula is C16H14FN3O5S3. The second kappa shape index (κ2) is 7.47. The molecule has 3 aromatic rings. The molecule has 0 saturated heterocycles. The van der Waals surface area contributed by atoms with E-state index >= 15 is 0 Å². The van der Waals surface area contributed by atoms with Gasteiger partial charge in [-0.25, -0.2) is 22.9 Å². The third-order valence-corrected chi connectivity index (χ3v) is 6.80. The third kappa shape index (κ3) is 4.30. The van der Waals surface area contributed by atoms with Gasteiger partial charge in [-0.05, 0) is 36.4 Å². The van der Waals surface area contributed by atoms with Crippen LogP contribution in [-0.4, -0.2) is 28.9 Å². The number of thiazole rings is 1. The van der Waals surface area contributed by atoms with Crippen LogP contribution in [0.3, 0.4) is 0 Å². The molecule has 0 aliphatic carbocycles. The Kier molecular flexibility index (Phi) is 5.39. The van der Waals surface area contributed by atoms with Crippen molar-refractivity contribution in [1.82, 2.24) is 4.98 Å². The highest BCUT2D eigenvalue weighted by Crippen LogP contribution is 2.31. The smallest absolute Gasteiger partial charge is 0.280 e. The van der Waals surface area contributed by atoms with Gasteiger partial charge in [0.2, 0.25) is 10.0 Å². The number of nitrogens with one attached hydrogen (secondary N) is 1. The van der Waals surface area contributed by atoms with Crippen molar-refractivity contribution in [1.29, 1.82) is 0 Å². The minimum Gasteiger partial charge on any atom is -0.495 e. The van der Waals surface area contributed by atoms with Crippen LogP contribution >= 0.6 is 11.3 Å². The highest BCUT2D eigenvalue weighted by Gasteiger charge is 2.22. The maximum atomic E-state index is 13.0. The molecule has 0 atom stereocenters. The van der Waals surface area contributed by atoms with Gasteiger partial charge in [-0.3, -0.25) is 4.72 Å². The van der Waals surface area contributed by atoms with E-state index < -0.39 is 25.9 Å². The molecule has 0 aliphatic rings. The molecular weight excluding hydrogens is 429 g/mol. The van der Waals surface area contributed by atoms with E-state index in [9.17, 15) is 21.2 Å². The molecule has 12 heteroatoms. The Hall–Kier alpha value is -2.54. The molecule has 1 aromatic heterocycles. The van der Waals surface area contributed by atoms with Crippen LogP contribution < -0.4 is 14.6 Å². The van der Waals surface area contributed by atoms with Crippen molar-refractivity contribution in [3.05, 3.63) is 53.7 Å². The summed E-state index contributed by atoms with van der Waals surface area (Å²) in [5, 5.41) is 6.56. The van der Waals surface area contributed by atoms with Gasteiger partial charge in [0.05, 0.1) is 17.7 Å². The van der Waals surface area contributed by atoms with Gasteiger partial charge < -0.3 is 4.74 Å². The van der Waals surface area contributed by atoms with Crippen molar-refractivity contribution in [3.63, 3.8) is 0 Å². The van der Waals surface area contributed by atoms with Gasteiger partial charge in [0, 0.05) is 17.0 Å². The minimum atomic E-state index is -4.08. The molecule has 0 spiro atoms. The highest BCUT2D eigenvalue weighted by molar-refractivity contribution is 7.92. The summed E-state index contributed by atoms with van der Waals surface area (Å²) in [6.07, 6.45) is 0. The van der Waals surface area contributed by atoms with Gasteiger partial charge in [-0.15, -0.1) is 11.3 Å². The summed E-state index contributed by atoms with van der Waals surface area (Å²) in [4.78, 5) is 3.86. The third-order valence-electron chi connectivity index (χ3n) is 3.60. The van der Waals surface area contributed by atoms with E-state index in [1.165, 1.54) is 42.8 Å². The lowest BCUT2D eigenvalue weighted by molar-refractivity contribution is 0.415. The van der Waals surface area contributed by atoms with Gasteiger partial charge in [0.1, 0.15) is 16.6 Å². The first-order valence-corrected chi connectivity index (χ1v) is 11.5.